The lowest BCUT2D eigenvalue weighted by Gasteiger charge is -2.25. The Bertz CT molecular complexity index is 655. The molecule has 1 amide bonds. The van der Waals surface area contributed by atoms with Crippen LogP contribution in [0.3, 0.4) is 0 Å². The SMILES string of the molecule is Nc1ccccc1CNC(=O)C1CCOc2ccccc21. The lowest BCUT2D eigenvalue weighted by Crippen LogP contribution is -2.32. The molecule has 21 heavy (non-hydrogen) atoms. The first-order valence-corrected chi connectivity index (χ1v) is 7.08. The van der Waals surface area contributed by atoms with Crippen LogP contribution in [0.5, 0.6) is 5.75 Å². The second-order valence-electron chi connectivity index (χ2n) is 5.14. The molecule has 2 aromatic rings. The fourth-order valence-corrected chi connectivity index (χ4v) is 2.62. The van der Waals surface area contributed by atoms with Crippen LogP contribution in [0.4, 0.5) is 5.69 Å². The summed E-state index contributed by atoms with van der Waals surface area (Å²) in [6.45, 7) is 1.02. The highest BCUT2D eigenvalue weighted by Crippen LogP contribution is 2.33. The zero-order valence-electron chi connectivity index (χ0n) is 11.7. The summed E-state index contributed by atoms with van der Waals surface area (Å²) in [4.78, 5) is 12.4. The molecule has 1 atom stereocenters. The van der Waals surface area contributed by atoms with Crippen molar-refractivity contribution in [3.63, 3.8) is 0 Å². The molecule has 1 aliphatic heterocycles. The van der Waals surface area contributed by atoms with Crippen molar-refractivity contribution < 1.29 is 9.53 Å². The highest BCUT2D eigenvalue weighted by molar-refractivity contribution is 5.84. The maximum Gasteiger partial charge on any atom is 0.228 e. The van der Waals surface area contributed by atoms with Gasteiger partial charge in [-0.05, 0) is 24.1 Å². The monoisotopic (exact) mass is 282 g/mol. The van der Waals surface area contributed by atoms with E-state index in [-0.39, 0.29) is 11.8 Å². The first kappa shape index (κ1) is 13.5. The van der Waals surface area contributed by atoms with E-state index < -0.39 is 0 Å². The van der Waals surface area contributed by atoms with Gasteiger partial charge in [-0.3, -0.25) is 4.79 Å². The molecule has 0 fully saturated rings. The van der Waals surface area contributed by atoms with E-state index in [1.54, 1.807) is 0 Å². The number of rotatable bonds is 3. The van der Waals surface area contributed by atoms with Crippen LogP contribution in [0, 0.1) is 0 Å². The minimum absolute atomic E-state index is 0.0222. The molecule has 0 radical (unpaired) electrons. The second-order valence-corrected chi connectivity index (χ2v) is 5.14. The number of amides is 1. The molecule has 4 heteroatoms. The van der Waals surface area contributed by atoms with Crippen molar-refractivity contribution in [1.29, 1.82) is 0 Å². The number of para-hydroxylation sites is 2. The smallest absolute Gasteiger partial charge is 0.228 e. The minimum atomic E-state index is -0.153. The zero-order valence-corrected chi connectivity index (χ0v) is 11.7. The van der Waals surface area contributed by atoms with Gasteiger partial charge in [-0.25, -0.2) is 0 Å². The van der Waals surface area contributed by atoms with Crippen molar-refractivity contribution in [1.82, 2.24) is 5.32 Å². The predicted molar refractivity (Wildman–Crippen MR) is 82.0 cm³/mol. The van der Waals surface area contributed by atoms with Gasteiger partial charge in [0.2, 0.25) is 5.91 Å². The number of carbonyl (C=O) groups excluding carboxylic acids is 1. The van der Waals surface area contributed by atoms with Crippen molar-refractivity contribution in [3.05, 3.63) is 59.7 Å². The van der Waals surface area contributed by atoms with Gasteiger partial charge in [0, 0.05) is 17.8 Å². The van der Waals surface area contributed by atoms with Gasteiger partial charge in [-0.1, -0.05) is 36.4 Å². The number of fused-ring (bicyclic) bond motifs is 1. The highest BCUT2D eigenvalue weighted by atomic mass is 16.5. The highest BCUT2D eigenvalue weighted by Gasteiger charge is 2.27. The largest absolute Gasteiger partial charge is 0.493 e. The van der Waals surface area contributed by atoms with Crippen molar-refractivity contribution >= 4 is 11.6 Å². The maximum atomic E-state index is 12.4. The molecule has 1 aliphatic rings. The summed E-state index contributed by atoms with van der Waals surface area (Å²) in [6, 6.07) is 15.3. The van der Waals surface area contributed by atoms with Gasteiger partial charge < -0.3 is 15.8 Å². The average Bonchev–Trinajstić information content (AvgIpc) is 2.53. The first-order valence-electron chi connectivity index (χ1n) is 7.08. The third kappa shape index (κ3) is 2.84. The number of carbonyl (C=O) groups is 1. The molecule has 2 aromatic carbocycles. The van der Waals surface area contributed by atoms with E-state index in [2.05, 4.69) is 5.32 Å². The topological polar surface area (TPSA) is 64.3 Å². The normalized spacial score (nSPS) is 16.7. The number of nitrogen functional groups attached to an aromatic ring is 1. The Morgan fingerprint density at radius 1 is 1.19 bits per heavy atom. The summed E-state index contributed by atoms with van der Waals surface area (Å²) in [7, 11) is 0. The van der Waals surface area contributed by atoms with E-state index in [0.717, 1.165) is 16.9 Å². The predicted octanol–water partition coefficient (Wildman–Crippen LogP) is 2.45. The fourth-order valence-electron chi connectivity index (χ4n) is 2.62. The summed E-state index contributed by atoms with van der Waals surface area (Å²) in [5.41, 5.74) is 8.49. The number of ether oxygens (including phenoxy) is 1. The van der Waals surface area contributed by atoms with Gasteiger partial charge in [-0.2, -0.15) is 0 Å². The van der Waals surface area contributed by atoms with Gasteiger partial charge >= 0.3 is 0 Å². The summed E-state index contributed by atoms with van der Waals surface area (Å²) >= 11 is 0. The van der Waals surface area contributed by atoms with Gasteiger partial charge in [0.1, 0.15) is 5.75 Å². The van der Waals surface area contributed by atoms with Crippen LogP contribution in [-0.4, -0.2) is 12.5 Å². The number of nitrogens with two attached hydrogens (primary N) is 1. The molecule has 1 heterocycles. The minimum Gasteiger partial charge on any atom is -0.493 e. The molecule has 3 rings (SSSR count). The van der Waals surface area contributed by atoms with Crippen LogP contribution in [0.15, 0.2) is 48.5 Å². The Morgan fingerprint density at radius 3 is 2.81 bits per heavy atom. The quantitative estimate of drug-likeness (QED) is 0.850. The third-order valence-electron chi connectivity index (χ3n) is 3.78. The molecule has 1 unspecified atom stereocenters. The molecule has 108 valence electrons. The molecule has 0 aromatic heterocycles. The van der Waals surface area contributed by atoms with E-state index in [9.17, 15) is 4.79 Å². The Morgan fingerprint density at radius 2 is 1.95 bits per heavy atom. The average molecular weight is 282 g/mol. The van der Waals surface area contributed by atoms with Crippen molar-refractivity contribution in [3.8, 4) is 5.75 Å². The standard InChI is InChI=1S/C17H18N2O2/c18-15-7-3-1-5-12(15)11-19-17(20)14-9-10-21-16-8-4-2-6-13(14)16/h1-8,14H,9-11,18H2,(H,19,20). The van der Waals surface area contributed by atoms with E-state index in [1.165, 1.54) is 0 Å². The van der Waals surface area contributed by atoms with Crippen molar-refractivity contribution in [2.75, 3.05) is 12.3 Å². The van der Waals surface area contributed by atoms with Crippen molar-refractivity contribution in [2.45, 2.75) is 18.9 Å². The van der Waals surface area contributed by atoms with E-state index in [4.69, 9.17) is 10.5 Å². The van der Waals surface area contributed by atoms with Crippen LogP contribution >= 0.6 is 0 Å². The first-order chi connectivity index (χ1) is 10.3. The third-order valence-corrected chi connectivity index (χ3v) is 3.78. The molecular formula is C17H18N2O2. The molecule has 4 nitrogen and oxygen atoms in total. The summed E-state index contributed by atoms with van der Waals surface area (Å²) < 4.78 is 5.59. The lowest BCUT2D eigenvalue weighted by molar-refractivity contribution is -0.123. The van der Waals surface area contributed by atoms with Gasteiger partial charge in [0.05, 0.1) is 12.5 Å². The number of nitrogens with one attached hydrogen (secondary N) is 1. The van der Waals surface area contributed by atoms with Crippen LogP contribution in [0.1, 0.15) is 23.5 Å². The van der Waals surface area contributed by atoms with E-state index >= 15 is 0 Å². The molecule has 0 bridgehead atoms. The lowest BCUT2D eigenvalue weighted by atomic mass is 9.92. The molecule has 3 N–H and O–H groups in total. The summed E-state index contributed by atoms with van der Waals surface area (Å²) in [6.07, 6.45) is 0.702. The van der Waals surface area contributed by atoms with Crippen molar-refractivity contribution in [2.24, 2.45) is 0 Å². The Hall–Kier alpha value is -2.49. The van der Waals surface area contributed by atoms with Gasteiger partial charge in [-0.15, -0.1) is 0 Å². The van der Waals surface area contributed by atoms with Crippen LogP contribution in [0.25, 0.3) is 0 Å². The van der Waals surface area contributed by atoms with Gasteiger partial charge in [0.25, 0.3) is 0 Å². The number of benzene rings is 2. The number of anilines is 1. The van der Waals surface area contributed by atoms with Crippen LogP contribution < -0.4 is 15.8 Å². The molecule has 0 aliphatic carbocycles. The van der Waals surface area contributed by atoms with E-state index in [0.29, 0.717) is 25.3 Å². The second kappa shape index (κ2) is 5.87. The Balaban J connectivity index is 1.71. The Kier molecular flexibility index (Phi) is 3.77. The molecular weight excluding hydrogens is 264 g/mol. The maximum absolute atomic E-state index is 12.4. The zero-order chi connectivity index (χ0) is 14.7. The molecule has 0 saturated carbocycles. The van der Waals surface area contributed by atoms with Crippen LogP contribution in [0.2, 0.25) is 0 Å². The summed E-state index contributed by atoms with van der Waals surface area (Å²) in [5.74, 6) is 0.678. The molecule has 0 saturated heterocycles. The van der Waals surface area contributed by atoms with Gasteiger partial charge in [0.15, 0.2) is 0 Å². The molecule has 0 spiro atoms. The van der Waals surface area contributed by atoms with Crippen LogP contribution in [-0.2, 0) is 11.3 Å². The van der Waals surface area contributed by atoms with E-state index in [1.807, 2.05) is 48.5 Å². The summed E-state index contributed by atoms with van der Waals surface area (Å²) in [5, 5.41) is 2.98. The Labute approximate surface area is 123 Å². The number of hydrogen-bond donors (Lipinski definition) is 2. The number of hydrogen-bond acceptors (Lipinski definition) is 3. The fraction of sp³-hybridized carbons (Fsp3) is 0.235.